The highest BCUT2D eigenvalue weighted by molar-refractivity contribution is 6.31. The Kier molecular flexibility index (Phi) is 5.58. The Morgan fingerprint density at radius 1 is 1.30 bits per heavy atom. The second-order valence-corrected chi connectivity index (χ2v) is 5.63. The molecule has 23 heavy (non-hydrogen) atoms. The van der Waals surface area contributed by atoms with Crippen molar-refractivity contribution in [2.24, 2.45) is 0 Å². The summed E-state index contributed by atoms with van der Waals surface area (Å²) in [5.74, 6) is -0.158. The fourth-order valence-electron chi connectivity index (χ4n) is 2.01. The van der Waals surface area contributed by atoms with Crippen molar-refractivity contribution in [2.45, 2.75) is 6.10 Å². The van der Waals surface area contributed by atoms with E-state index < -0.39 is 11.9 Å². The van der Waals surface area contributed by atoms with E-state index in [4.69, 9.17) is 16.3 Å². The Labute approximate surface area is 139 Å². The number of aliphatic hydroxyl groups excluding tert-OH is 1. The van der Waals surface area contributed by atoms with E-state index in [-0.39, 0.29) is 17.5 Å². The largest absolute Gasteiger partial charge is 0.491 e. The fraction of sp³-hybridized carbons (Fsp3) is 0.235. The molecule has 0 heterocycles. The lowest BCUT2D eigenvalue weighted by Crippen LogP contribution is -2.21. The summed E-state index contributed by atoms with van der Waals surface area (Å²) in [5.41, 5.74) is 0.871. The maximum atomic E-state index is 13.0. The molecule has 0 fully saturated rings. The van der Waals surface area contributed by atoms with E-state index in [1.165, 1.54) is 17.0 Å². The van der Waals surface area contributed by atoms with Crippen molar-refractivity contribution >= 4 is 17.5 Å². The Morgan fingerprint density at radius 2 is 2.04 bits per heavy atom. The smallest absolute Gasteiger partial charge is 0.253 e. The number of nitrogens with zero attached hydrogens (tertiary/aromatic N) is 1. The van der Waals surface area contributed by atoms with Gasteiger partial charge in [-0.1, -0.05) is 23.7 Å². The fourth-order valence-corrected chi connectivity index (χ4v) is 2.31. The quantitative estimate of drug-likeness (QED) is 0.910. The van der Waals surface area contributed by atoms with Crippen molar-refractivity contribution < 1.29 is 19.0 Å². The predicted octanol–water partition coefficient (Wildman–Crippen LogP) is 3.29. The lowest BCUT2D eigenvalue weighted by atomic mass is 10.1. The standard InChI is InChI=1S/C17H17ClFNO3/c1-20(2)17(22)11-4-3-5-13(8-11)23-10-16(21)14-7-6-12(19)9-15(14)18/h3-9,16,21H,10H2,1-2H3/t16-/m0/s1. The number of rotatable bonds is 5. The molecule has 1 N–H and O–H groups in total. The molecule has 0 spiro atoms. The summed E-state index contributed by atoms with van der Waals surface area (Å²) >= 11 is 5.90. The monoisotopic (exact) mass is 337 g/mol. The minimum absolute atomic E-state index is 0.0645. The number of carbonyl (C=O) groups excluding carboxylic acids is 1. The van der Waals surface area contributed by atoms with Crippen LogP contribution >= 0.6 is 11.6 Å². The van der Waals surface area contributed by atoms with E-state index >= 15 is 0 Å². The van der Waals surface area contributed by atoms with E-state index in [1.807, 2.05) is 0 Å². The van der Waals surface area contributed by atoms with Gasteiger partial charge in [0.25, 0.3) is 5.91 Å². The summed E-state index contributed by atoms with van der Waals surface area (Å²) in [4.78, 5) is 13.4. The SMILES string of the molecule is CN(C)C(=O)c1cccc(OC[C@H](O)c2ccc(F)cc2Cl)c1. The van der Waals surface area contributed by atoms with Crippen molar-refractivity contribution in [3.63, 3.8) is 0 Å². The summed E-state index contributed by atoms with van der Waals surface area (Å²) in [5, 5.41) is 10.2. The number of halogens is 2. The molecule has 122 valence electrons. The lowest BCUT2D eigenvalue weighted by Gasteiger charge is -2.15. The van der Waals surface area contributed by atoms with Crippen LogP contribution in [0.3, 0.4) is 0 Å². The van der Waals surface area contributed by atoms with Crippen molar-refractivity contribution in [1.82, 2.24) is 4.90 Å². The van der Waals surface area contributed by atoms with Crippen molar-refractivity contribution in [1.29, 1.82) is 0 Å². The Bertz CT molecular complexity index is 706. The second kappa shape index (κ2) is 7.44. The van der Waals surface area contributed by atoms with Gasteiger partial charge >= 0.3 is 0 Å². The molecule has 0 bridgehead atoms. The van der Waals surface area contributed by atoms with Gasteiger partial charge in [-0.2, -0.15) is 0 Å². The van der Waals surface area contributed by atoms with Crippen molar-refractivity contribution in [3.05, 3.63) is 64.4 Å². The summed E-state index contributed by atoms with van der Waals surface area (Å²) in [6.45, 7) is -0.0645. The Hall–Kier alpha value is -2.11. The number of aliphatic hydroxyl groups is 1. The molecule has 0 aliphatic rings. The summed E-state index contributed by atoms with van der Waals surface area (Å²) in [6, 6.07) is 10.4. The maximum absolute atomic E-state index is 13.0. The number of benzene rings is 2. The van der Waals surface area contributed by atoms with Crippen LogP contribution in [-0.2, 0) is 0 Å². The van der Waals surface area contributed by atoms with Crippen LogP contribution in [0.5, 0.6) is 5.75 Å². The topological polar surface area (TPSA) is 49.8 Å². The molecule has 0 aliphatic carbocycles. The first-order chi connectivity index (χ1) is 10.9. The van der Waals surface area contributed by atoms with E-state index in [9.17, 15) is 14.3 Å². The minimum Gasteiger partial charge on any atom is -0.491 e. The Balaban J connectivity index is 2.05. The van der Waals surface area contributed by atoms with E-state index in [0.717, 1.165) is 6.07 Å². The Morgan fingerprint density at radius 3 is 2.70 bits per heavy atom. The first-order valence-corrected chi connectivity index (χ1v) is 7.34. The predicted molar refractivity (Wildman–Crippen MR) is 86.3 cm³/mol. The number of carbonyl (C=O) groups is 1. The van der Waals surface area contributed by atoms with Gasteiger partial charge in [-0.05, 0) is 30.3 Å². The maximum Gasteiger partial charge on any atom is 0.253 e. The molecule has 2 aromatic rings. The van der Waals surface area contributed by atoms with Gasteiger partial charge in [0, 0.05) is 30.2 Å². The molecule has 0 saturated carbocycles. The molecule has 2 aromatic carbocycles. The van der Waals surface area contributed by atoms with Gasteiger partial charge in [0.15, 0.2) is 0 Å². The highest BCUT2D eigenvalue weighted by atomic mass is 35.5. The van der Waals surface area contributed by atoms with E-state index in [2.05, 4.69) is 0 Å². The molecule has 0 aromatic heterocycles. The van der Waals surface area contributed by atoms with Crippen LogP contribution in [0.4, 0.5) is 4.39 Å². The van der Waals surface area contributed by atoms with Gasteiger partial charge in [-0.15, -0.1) is 0 Å². The van der Waals surface area contributed by atoms with Gasteiger partial charge in [0.1, 0.15) is 24.3 Å². The number of ether oxygens (including phenoxy) is 1. The van der Waals surface area contributed by atoms with Crippen LogP contribution in [-0.4, -0.2) is 36.6 Å². The zero-order valence-corrected chi connectivity index (χ0v) is 13.5. The molecule has 1 amide bonds. The molecule has 0 saturated heterocycles. The van der Waals surface area contributed by atoms with Crippen LogP contribution in [0.25, 0.3) is 0 Å². The van der Waals surface area contributed by atoms with Gasteiger partial charge < -0.3 is 14.7 Å². The van der Waals surface area contributed by atoms with Crippen molar-refractivity contribution in [2.75, 3.05) is 20.7 Å². The van der Waals surface area contributed by atoms with Gasteiger partial charge in [0.05, 0.1) is 0 Å². The normalized spacial score (nSPS) is 11.9. The molecule has 6 heteroatoms. The minimum atomic E-state index is -1.00. The second-order valence-electron chi connectivity index (χ2n) is 5.22. The van der Waals surface area contributed by atoms with Gasteiger partial charge in [-0.25, -0.2) is 4.39 Å². The third-order valence-corrected chi connectivity index (χ3v) is 3.54. The first-order valence-electron chi connectivity index (χ1n) is 6.96. The molecule has 4 nitrogen and oxygen atoms in total. The van der Waals surface area contributed by atoms with Gasteiger partial charge in [-0.3, -0.25) is 4.79 Å². The van der Waals surface area contributed by atoms with Crippen LogP contribution in [0.2, 0.25) is 5.02 Å². The van der Waals surface area contributed by atoms with Crippen molar-refractivity contribution in [3.8, 4) is 5.75 Å². The third kappa shape index (κ3) is 4.43. The third-order valence-electron chi connectivity index (χ3n) is 3.22. The number of amides is 1. The average molecular weight is 338 g/mol. The molecule has 0 unspecified atom stereocenters. The van der Waals surface area contributed by atoms with Crippen LogP contribution in [0, 0.1) is 5.82 Å². The summed E-state index contributed by atoms with van der Waals surface area (Å²) < 4.78 is 18.5. The number of hydrogen-bond donors (Lipinski definition) is 1. The highest BCUT2D eigenvalue weighted by Gasteiger charge is 2.14. The first kappa shape index (κ1) is 17.2. The number of hydrogen-bond acceptors (Lipinski definition) is 3. The summed E-state index contributed by atoms with van der Waals surface area (Å²) in [6.07, 6.45) is -1.00. The van der Waals surface area contributed by atoms with Crippen LogP contribution in [0.1, 0.15) is 22.0 Å². The zero-order chi connectivity index (χ0) is 17.0. The molecule has 2 rings (SSSR count). The van der Waals surface area contributed by atoms with Crippen LogP contribution < -0.4 is 4.74 Å². The molecular formula is C17H17ClFNO3. The zero-order valence-electron chi connectivity index (χ0n) is 12.8. The average Bonchev–Trinajstić information content (AvgIpc) is 2.52. The molecule has 0 aliphatic heterocycles. The highest BCUT2D eigenvalue weighted by Crippen LogP contribution is 2.25. The van der Waals surface area contributed by atoms with E-state index in [0.29, 0.717) is 16.9 Å². The van der Waals surface area contributed by atoms with Gasteiger partial charge in [0.2, 0.25) is 0 Å². The van der Waals surface area contributed by atoms with E-state index in [1.54, 1.807) is 38.4 Å². The summed E-state index contributed by atoms with van der Waals surface area (Å²) in [7, 11) is 3.33. The lowest BCUT2D eigenvalue weighted by molar-refractivity contribution is 0.0826. The van der Waals surface area contributed by atoms with Crippen LogP contribution in [0.15, 0.2) is 42.5 Å². The molecular weight excluding hydrogens is 321 g/mol. The molecule has 0 radical (unpaired) electrons. The molecule has 1 atom stereocenters.